The Balaban J connectivity index is 3.60. The first-order valence-corrected chi connectivity index (χ1v) is 12.2. The maximum absolute atomic E-state index is 11.6. The monoisotopic (exact) mass is 414 g/mol. The Hall–Kier alpha value is -0.610. The van der Waals surface area contributed by atoms with E-state index in [-0.39, 0.29) is 19.2 Å². The van der Waals surface area contributed by atoms with E-state index >= 15 is 0 Å². The highest BCUT2D eigenvalue weighted by atomic mass is 16.5. The van der Waals surface area contributed by atoms with E-state index in [0.717, 1.165) is 30.6 Å². The van der Waals surface area contributed by atoms with Crippen LogP contribution in [0.4, 0.5) is 0 Å². The van der Waals surface area contributed by atoms with E-state index in [0.29, 0.717) is 12.3 Å². The van der Waals surface area contributed by atoms with Gasteiger partial charge >= 0.3 is 5.97 Å². The van der Waals surface area contributed by atoms with Crippen molar-refractivity contribution in [2.75, 3.05) is 13.2 Å². The van der Waals surface area contributed by atoms with E-state index in [9.17, 15) is 4.79 Å². The Bertz CT molecular complexity index is 383. The molecule has 0 bridgehead atoms. The maximum atomic E-state index is 11.6. The molecule has 0 saturated carbocycles. The first kappa shape index (κ1) is 28.4. The first-order valence-electron chi connectivity index (χ1n) is 12.2. The van der Waals surface area contributed by atoms with Crippen molar-refractivity contribution >= 4 is 5.97 Å². The van der Waals surface area contributed by atoms with Gasteiger partial charge in [0.1, 0.15) is 12.7 Å². The molecule has 4 unspecified atom stereocenters. The number of hydrogen-bond donors (Lipinski definition) is 2. The van der Waals surface area contributed by atoms with Gasteiger partial charge in [-0.2, -0.15) is 0 Å². The third-order valence-corrected chi connectivity index (χ3v) is 5.99. The molecule has 174 valence electrons. The Labute approximate surface area is 180 Å². The summed E-state index contributed by atoms with van der Waals surface area (Å²) in [5.74, 6) is 2.89. The van der Waals surface area contributed by atoms with Crippen molar-refractivity contribution in [3.05, 3.63) is 0 Å². The second-order valence-electron chi connectivity index (χ2n) is 9.91. The number of carbonyl (C=O) groups excluding carboxylic acids is 1. The van der Waals surface area contributed by atoms with Crippen molar-refractivity contribution in [1.29, 1.82) is 0 Å². The summed E-state index contributed by atoms with van der Waals surface area (Å²) in [6.07, 6.45) is 13.4. The highest BCUT2D eigenvalue weighted by Gasteiger charge is 2.10. The lowest BCUT2D eigenvalue weighted by Gasteiger charge is -2.16. The van der Waals surface area contributed by atoms with Crippen molar-refractivity contribution in [3.8, 4) is 0 Å². The molecule has 0 radical (unpaired) electrons. The molecule has 0 amide bonds. The van der Waals surface area contributed by atoms with Gasteiger partial charge in [0.05, 0.1) is 6.61 Å². The minimum absolute atomic E-state index is 0.112. The summed E-state index contributed by atoms with van der Waals surface area (Å²) in [7, 11) is 0. The number of ether oxygens (including phenoxy) is 1. The Morgan fingerprint density at radius 1 is 0.724 bits per heavy atom. The molecule has 0 aliphatic heterocycles. The van der Waals surface area contributed by atoms with Crippen LogP contribution in [0.25, 0.3) is 0 Å². The fourth-order valence-electron chi connectivity index (χ4n) is 3.85. The number of aliphatic hydroxyl groups excluding tert-OH is 2. The molecule has 29 heavy (non-hydrogen) atoms. The first-order chi connectivity index (χ1) is 13.7. The van der Waals surface area contributed by atoms with Gasteiger partial charge in [0, 0.05) is 6.42 Å². The summed E-state index contributed by atoms with van der Waals surface area (Å²) < 4.78 is 4.93. The number of esters is 1. The Morgan fingerprint density at radius 2 is 1.14 bits per heavy atom. The lowest BCUT2D eigenvalue weighted by Crippen LogP contribution is -2.21. The predicted octanol–water partition coefficient (Wildman–Crippen LogP) is 6.13. The second kappa shape index (κ2) is 18.2. The van der Waals surface area contributed by atoms with E-state index < -0.39 is 6.10 Å². The van der Waals surface area contributed by atoms with Crippen LogP contribution in [0.2, 0.25) is 0 Å². The molecule has 2 N–H and O–H groups in total. The standard InChI is InChI=1S/C25H50O4/c1-20(2)10-6-11-21(3)12-7-13-22(4)14-8-15-23(5)16-9-17-25(28)29-19-24(27)18-26/h20-24,26-27H,6-19H2,1-5H3. The molecular weight excluding hydrogens is 364 g/mol. The molecule has 4 heteroatoms. The smallest absolute Gasteiger partial charge is 0.305 e. The van der Waals surface area contributed by atoms with Crippen LogP contribution in [0.3, 0.4) is 0 Å². The minimum atomic E-state index is -0.965. The molecule has 4 nitrogen and oxygen atoms in total. The molecule has 0 aliphatic rings. The van der Waals surface area contributed by atoms with Crippen LogP contribution in [0.5, 0.6) is 0 Å². The van der Waals surface area contributed by atoms with Crippen molar-refractivity contribution < 1.29 is 19.7 Å². The number of aliphatic hydroxyl groups is 2. The van der Waals surface area contributed by atoms with Gasteiger partial charge in [-0.25, -0.2) is 0 Å². The Morgan fingerprint density at radius 3 is 1.55 bits per heavy atom. The van der Waals surface area contributed by atoms with Gasteiger partial charge in [-0.15, -0.1) is 0 Å². The second-order valence-corrected chi connectivity index (χ2v) is 9.91. The lowest BCUT2D eigenvalue weighted by molar-refractivity contribution is -0.147. The number of carbonyl (C=O) groups is 1. The number of rotatable bonds is 19. The van der Waals surface area contributed by atoms with Gasteiger partial charge in [0.25, 0.3) is 0 Å². The van der Waals surface area contributed by atoms with E-state index in [1.54, 1.807) is 0 Å². The summed E-state index contributed by atoms with van der Waals surface area (Å²) in [6.45, 7) is 11.2. The van der Waals surface area contributed by atoms with Gasteiger partial charge in [0.15, 0.2) is 0 Å². The zero-order chi connectivity index (χ0) is 22.1. The summed E-state index contributed by atoms with van der Waals surface area (Å²) in [5, 5.41) is 17.9. The molecule has 4 atom stereocenters. The quantitative estimate of drug-likeness (QED) is 0.250. The van der Waals surface area contributed by atoms with Crippen molar-refractivity contribution in [2.45, 2.75) is 118 Å². The van der Waals surface area contributed by atoms with Crippen molar-refractivity contribution in [3.63, 3.8) is 0 Å². The normalized spacial score (nSPS) is 15.9. The van der Waals surface area contributed by atoms with Crippen LogP contribution in [-0.2, 0) is 9.53 Å². The average molecular weight is 415 g/mol. The van der Waals surface area contributed by atoms with E-state index in [2.05, 4.69) is 34.6 Å². The highest BCUT2D eigenvalue weighted by molar-refractivity contribution is 5.69. The lowest BCUT2D eigenvalue weighted by atomic mass is 9.90. The zero-order valence-corrected chi connectivity index (χ0v) is 20.0. The molecule has 0 fully saturated rings. The molecule has 0 aromatic heterocycles. The predicted molar refractivity (Wildman–Crippen MR) is 122 cm³/mol. The fourth-order valence-corrected chi connectivity index (χ4v) is 3.85. The SMILES string of the molecule is CC(C)CCCC(C)CCCC(C)CCCC(C)CCCC(=O)OCC(O)CO. The van der Waals surface area contributed by atoms with Crippen LogP contribution >= 0.6 is 0 Å². The van der Waals surface area contributed by atoms with Gasteiger partial charge in [-0.3, -0.25) is 4.79 Å². The van der Waals surface area contributed by atoms with Crippen LogP contribution in [0.15, 0.2) is 0 Å². The van der Waals surface area contributed by atoms with Crippen LogP contribution < -0.4 is 0 Å². The molecule has 0 rings (SSSR count). The third-order valence-electron chi connectivity index (χ3n) is 5.99. The minimum Gasteiger partial charge on any atom is -0.463 e. The fraction of sp³-hybridized carbons (Fsp3) is 0.960. The average Bonchev–Trinajstić information content (AvgIpc) is 2.65. The van der Waals surface area contributed by atoms with Gasteiger partial charge in [0.2, 0.25) is 0 Å². The molecule has 0 spiro atoms. The maximum Gasteiger partial charge on any atom is 0.305 e. The summed E-state index contributed by atoms with van der Waals surface area (Å²) >= 11 is 0. The highest BCUT2D eigenvalue weighted by Crippen LogP contribution is 2.23. The van der Waals surface area contributed by atoms with Crippen molar-refractivity contribution in [1.82, 2.24) is 0 Å². The Kier molecular flexibility index (Phi) is 17.8. The largest absolute Gasteiger partial charge is 0.463 e. The molecule has 0 heterocycles. The molecule has 0 aromatic rings. The van der Waals surface area contributed by atoms with E-state index in [1.807, 2.05) is 0 Å². The summed E-state index contributed by atoms with van der Waals surface area (Å²) in [5.41, 5.74) is 0. The molecular formula is C25H50O4. The van der Waals surface area contributed by atoms with Crippen molar-refractivity contribution in [2.24, 2.45) is 23.7 Å². The number of hydrogen-bond acceptors (Lipinski definition) is 4. The summed E-state index contributed by atoms with van der Waals surface area (Å²) in [6, 6.07) is 0. The van der Waals surface area contributed by atoms with Gasteiger partial charge in [-0.05, 0) is 30.1 Å². The van der Waals surface area contributed by atoms with E-state index in [1.165, 1.54) is 57.8 Å². The van der Waals surface area contributed by atoms with Gasteiger partial charge in [-0.1, -0.05) is 98.8 Å². The van der Waals surface area contributed by atoms with Crippen LogP contribution in [-0.4, -0.2) is 35.5 Å². The van der Waals surface area contributed by atoms with Crippen LogP contribution in [0, 0.1) is 23.7 Å². The van der Waals surface area contributed by atoms with Gasteiger partial charge < -0.3 is 14.9 Å². The topological polar surface area (TPSA) is 66.8 Å². The molecule has 0 aliphatic carbocycles. The van der Waals surface area contributed by atoms with E-state index in [4.69, 9.17) is 14.9 Å². The zero-order valence-electron chi connectivity index (χ0n) is 20.0. The van der Waals surface area contributed by atoms with Crippen LogP contribution in [0.1, 0.15) is 112 Å². The third kappa shape index (κ3) is 19.1. The molecule has 0 saturated heterocycles. The summed E-state index contributed by atoms with van der Waals surface area (Å²) in [4.78, 5) is 11.6. The molecule has 0 aromatic carbocycles.